The maximum atomic E-state index is 12.3. The van der Waals surface area contributed by atoms with Gasteiger partial charge >= 0.3 is 5.97 Å². The van der Waals surface area contributed by atoms with Crippen molar-refractivity contribution in [1.29, 1.82) is 0 Å². The molecule has 1 heterocycles. The predicted molar refractivity (Wildman–Crippen MR) is 80.4 cm³/mol. The van der Waals surface area contributed by atoms with Crippen molar-refractivity contribution >= 4 is 16.0 Å². The summed E-state index contributed by atoms with van der Waals surface area (Å²) in [6.45, 7) is 2.61. The van der Waals surface area contributed by atoms with Gasteiger partial charge in [-0.2, -0.15) is 0 Å². The Morgan fingerprint density at radius 2 is 2.18 bits per heavy atom. The van der Waals surface area contributed by atoms with Gasteiger partial charge in [-0.15, -0.1) is 0 Å². The highest BCUT2D eigenvalue weighted by molar-refractivity contribution is 7.89. The average molecular weight is 328 g/mol. The maximum absolute atomic E-state index is 12.3. The van der Waals surface area contributed by atoms with Crippen LogP contribution in [0.4, 0.5) is 0 Å². The Hall–Kier alpha value is -1.48. The highest BCUT2D eigenvalue weighted by Gasteiger charge is 2.31. The fourth-order valence-electron chi connectivity index (χ4n) is 2.41. The molecule has 4 N–H and O–H groups in total. The number of sulfonamides is 1. The number of β-amino-alcohol motifs (C(OH)–C–C–N with tert-alkyl or cyclic N) is 1. The van der Waals surface area contributed by atoms with Crippen LogP contribution < -0.4 is 10.0 Å². The number of aliphatic hydroxyl groups is 1. The van der Waals surface area contributed by atoms with E-state index in [0.717, 1.165) is 19.0 Å². The smallest absolute Gasteiger partial charge is 0.335 e. The Bertz CT molecular complexity index is 666. The lowest BCUT2D eigenvalue weighted by Gasteiger charge is -2.32. The molecule has 0 bridgehead atoms. The predicted octanol–water partition coefficient (Wildman–Crippen LogP) is 0.0860. The molecule has 1 fully saturated rings. The Morgan fingerprint density at radius 3 is 2.77 bits per heavy atom. The van der Waals surface area contributed by atoms with Crippen LogP contribution in [0.5, 0.6) is 0 Å². The van der Waals surface area contributed by atoms with Crippen LogP contribution in [0.1, 0.15) is 28.8 Å². The van der Waals surface area contributed by atoms with Crippen molar-refractivity contribution in [3.63, 3.8) is 0 Å². The van der Waals surface area contributed by atoms with Crippen LogP contribution in [0.3, 0.4) is 0 Å². The molecule has 1 aliphatic rings. The summed E-state index contributed by atoms with van der Waals surface area (Å²) in [6, 6.07) is 3.94. The summed E-state index contributed by atoms with van der Waals surface area (Å²) in [5, 5.41) is 22.4. The van der Waals surface area contributed by atoms with Gasteiger partial charge in [0.1, 0.15) is 0 Å². The van der Waals surface area contributed by atoms with Gasteiger partial charge in [0.15, 0.2) is 0 Å². The minimum absolute atomic E-state index is 0.0547. The van der Waals surface area contributed by atoms with Gasteiger partial charge in [-0.25, -0.2) is 17.9 Å². The molecule has 0 radical (unpaired) electrons. The molecule has 1 atom stereocenters. The van der Waals surface area contributed by atoms with Gasteiger partial charge in [0.2, 0.25) is 10.0 Å². The van der Waals surface area contributed by atoms with Crippen LogP contribution >= 0.6 is 0 Å². The van der Waals surface area contributed by atoms with Gasteiger partial charge in [0.25, 0.3) is 0 Å². The van der Waals surface area contributed by atoms with Crippen molar-refractivity contribution in [1.82, 2.24) is 10.0 Å². The SMILES string of the molecule is Cc1ccc(S(=O)(=O)NC[C@]2(O)CCCNC2)cc1C(=O)O. The monoisotopic (exact) mass is 328 g/mol. The first-order valence-corrected chi connectivity index (χ1v) is 8.49. The summed E-state index contributed by atoms with van der Waals surface area (Å²) in [6.07, 6.45) is 1.28. The molecule has 7 nitrogen and oxygen atoms in total. The van der Waals surface area contributed by atoms with E-state index in [4.69, 9.17) is 5.11 Å². The lowest BCUT2D eigenvalue weighted by atomic mass is 9.95. The summed E-state index contributed by atoms with van der Waals surface area (Å²) in [4.78, 5) is 11.0. The van der Waals surface area contributed by atoms with E-state index in [1.165, 1.54) is 12.1 Å². The Morgan fingerprint density at radius 1 is 1.45 bits per heavy atom. The summed E-state index contributed by atoms with van der Waals surface area (Å²) in [5.74, 6) is -1.18. The van der Waals surface area contributed by atoms with Gasteiger partial charge in [0.05, 0.1) is 16.1 Å². The number of aromatic carboxylic acids is 1. The molecule has 0 amide bonds. The van der Waals surface area contributed by atoms with Crippen LogP contribution in [-0.4, -0.2) is 49.8 Å². The normalized spacial score (nSPS) is 22.5. The van der Waals surface area contributed by atoms with E-state index < -0.39 is 21.6 Å². The number of piperidine rings is 1. The number of nitrogens with one attached hydrogen (secondary N) is 2. The number of hydrogen-bond donors (Lipinski definition) is 4. The number of rotatable bonds is 5. The third kappa shape index (κ3) is 3.83. The van der Waals surface area contributed by atoms with E-state index in [1.54, 1.807) is 6.92 Å². The van der Waals surface area contributed by atoms with Gasteiger partial charge in [-0.3, -0.25) is 0 Å². The largest absolute Gasteiger partial charge is 0.478 e. The third-order valence-electron chi connectivity index (χ3n) is 3.79. The number of aryl methyl sites for hydroxylation is 1. The van der Waals surface area contributed by atoms with E-state index >= 15 is 0 Å². The number of carbonyl (C=O) groups is 1. The molecule has 8 heteroatoms. The fourth-order valence-corrected chi connectivity index (χ4v) is 3.56. The Balaban J connectivity index is 2.16. The number of benzene rings is 1. The first-order chi connectivity index (χ1) is 10.2. The van der Waals surface area contributed by atoms with Gasteiger partial charge in [0, 0.05) is 13.1 Å². The second kappa shape index (κ2) is 6.33. The molecule has 0 unspecified atom stereocenters. The van der Waals surface area contributed by atoms with E-state index in [-0.39, 0.29) is 17.0 Å². The summed E-state index contributed by atoms with van der Waals surface area (Å²) >= 11 is 0. The topological polar surface area (TPSA) is 116 Å². The molecule has 0 saturated carbocycles. The van der Waals surface area contributed by atoms with Crippen LogP contribution in [0.15, 0.2) is 23.1 Å². The highest BCUT2D eigenvalue weighted by atomic mass is 32.2. The van der Waals surface area contributed by atoms with Crippen LogP contribution in [0.2, 0.25) is 0 Å². The zero-order valence-electron chi connectivity index (χ0n) is 12.3. The van der Waals surface area contributed by atoms with Gasteiger partial charge in [-0.1, -0.05) is 6.07 Å². The molecule has 122 valence electrons. The van der Waals surface area contributed by atoms with E-state index in [2.05, 4.69) is 10.0 Å². The lowest BCUT2D eigenvalue weighted by Crippen LogP contribution is -2.52. The first kappa shape index (κ1) is 16.9. The van der Waals surface area contributed by atoms with E-state index in [9.17, 15) is 18.3 Å². The van der Waals surface area contributed by atoms with E-state index in [1.807, 2.05) is 0 Å². The standard InChI is InChI=1S/C14H20N2O5S/c1-10-3-4-11(7-12(10)13(17)18)22(20,21)16-9-14(19)5-2-6-15-8-14/h3-4,7,15-16,19H,2,5-6,8-9H2,1H3,(H,17,18)/t14-/m0/s1. The molecule has 1 aromatic carbocycles. The number of carboxylic acid groups (broad SMARTS) is 1. The molecule has 2 rings (SSSR count). The molecule has 1 aliphatic heterocycles. The molecule has 1 saturated heterocycles. The lowest BCUT2D eigenvalue weighted by molar-refractivity contribution is 0.0218. The zero-order chi connectivity index (χ0) is 16.4. The summed E-state index contributed by atoms with van der Waals surface area (Å²) in [7, 11) is -3.87. The molecule has 1 aromatic rings. The van der Waals surface area contributed by atoms with Crippen molar-refractivity contribution < 1.29 is 23.4 Å². The minimum atomic E-state index is -3.87. The van der Waals surface area contributed by atoms with Gasteiger partial charge < -0.3 is 15.5 Å². The summed E-state index contributed by atoms with van der Waals surface area (Å²) in [5.41, 5.74) is -0.687. The number of carboxylic acids is 1. The highest BCUT2D eigenvalue weighted by Crippen LogP contribution is 2.18. The number of hydrogen-bond acceptors (Lipinski definition) is 5. The zero-order valence-corrected chi connectivity index (χ0v) is 13.1. The van der Waals surface area contributed by atoms with Crippen molar-refractivity contribution in [2.24, 2.45) is 0 Å². The van der Waals surface area contributed by atoms with Crippen LogP contribution in [0, 0.1) is 6.92 Å². The molecule has 0 aromatic heterocycles. The van der Waals surface area contributed by atoms with Crippen LogP contribution in [-0.2, 0) is 10.0 Å². The quantitative estimate of drug-likeness (QED) is 0.609. The molecule has 0 spiro atoms. The van der Waals surface area contributed by atoms with Crippen LogP contribution in [0.25, 0.3) is 0 Å². The fraction of sp³-hybridized carbons (Fsp3) is 0.500. The first-order valence-electron chi connectivity index (χ1n) is 7.00. The van der Waals surface area contributed by atoms with Crippen molar-refractivity contribution in [3.8, 4) is 0 Å². The van der Waals surface area contributed by atoms with Gasteiger partial charge in [-0.05, 0) is 44.0 Å². The molecule has 22 heavy (non-hydrogen) atoms. The van der Waals surface area contributed by atoms with E-state index in [0.29, 0.717) is 18.5 Å². The third-order valence-corrected chi connectivity index (χ3v) is 5.19. The van der Waals surface area contributed by atoms with Crippen molar-refractivity contribution in [2.45, 2.75) is 30.3 Å². The van der Waals surface area contributed by atoms with Crippen molar-refractivity contribution in [2.75, 3.05) is 19.6 Å². The maximum Gasteiger partial charge on any atom is 0.335 e. The average Bonchev–Trinajstić information content (AvgIpc) is 2.46. The second-order valence-corrected chi connectivity index (χ2v) is 7.38. The molecule has 0 aliphatic carbocycles. The van der Waals surface area contributed by atoms with Crippen molar-refractivity contribution in [3.05, 3.63) is 29.3 Å². The Labute approximate surface area is 129 Å². The second-order valence-electron chi connectivity index (χ2n) is 5.61. The minimum Gasteiger partial charge on any atom is -0.478 e. The molecular formula is C14H20N2O5S. The summed E-state index contributed by atoms with van der Waals surface area (Å²) < 4.78 is 26.9. The molecular weight excluding hydrogens is 308 g/mol. The Kier molecular flexibility index (Phi) is 4.86.